The normalized spacial score (nSPS) is 13.3. The molecule has 7 rings (SSSR count). The van der Waals surface area contributed by atoms with Crippen LogP contribution >= 0.6 is 0 Å². The van der Waals surface area contributed by atoms with Crippen molar-refractivity contribution in [3.05, 3.63) is 89.6 Å². The fourth-order valence-electron chi connectivity index (χ4n) is 7.09. The second kappa shape index (κ2) is 8.79. The van der Waals surface area contributed by atoms with Crippen LogP contribution < -0.4 is 9.30 Å². The Morgan fingerprint density at radius 1 is 0.683 bits per heavy atom. The average molecular weight is 539 g/mol. The molecular weight excluding hydrogens is 498 g/mol. The third-order valence-corrected chi connectivity index (χ3v) is 8.67. The lowest BCUT2D eigenvalue weighted by Gasteiger charge is -2.29. The van der Waals surface area contributed by atoms with Crippen molar-refractivity contribution in [1.82, 2.24) is 0 Å². The monoisotopic (exact) mass is 538 g/mol. The number of hydrogen-bond donors (Lipinski definition) is 0. The van der Waals surface area contributed by atoms with Crippen LogP contribution in [0, 0.1) is 17.8 Å². The van der Waals surface area contributed by atoms with Gasteiger partial charge >= 0.3 is 0 Å². The Morgan fingerprint density at radius 2 is 1.41 bits per heavy atom. The number of pyridine rings is 1. The molecule has 1 aliphatic rings. The van der Waals surface area contributed by atoms with Crippen LogP contribution in [0.1, 0.15) is 58.2 Å². The molecular formula is C39H40NO+. The van der Waals surface area contributed by atoms with Gasteiger partial charge in [-0.1, -0.05) is 96.1 Å². The van der Waals surface area contributed by atoms with E-state index in [2.05, 4.69) is 133 Å². The minimum atomic E-state index is 0.0948. The first kappa shape index (κ1) is 26.0. The summed E-state index contributed by atoms with van der Waals surface area (Å²) >= 11 is 0. The molecule has 1 aliphatic heterocycles. The third-order valence-electron chi connectivity index (χ3n) is 8.67. The Labute approximate surface area is 243 Å². The highest BCUT2D eigenvalue weighted by atomic mass is 16.5. The molecule has 1 aromatic heterocycles. The molecule has 5 aromatic carbocycles. The Bertz CT molecular complexity index is 2050. The van der Waals surface area contributed by atoms with Gasteiger partial charge in [-0.05, 0) is 80.1 Å². The summed E-state index contributed by atoms with van der Waals surface area (Å²) in [7, 11) is 2.18. The lowest BCUT2D eigenvalue weighted by molar-refractivity contribution is -0.659. The van der Waals surface area contributed by atoms with E-state index in [4.69, 9.17) is 4.74 Å². The van der Waals surface area contributed by atoms with Gasteiger partial charge in [0, 0.05) is 17.0 Å². The largest absolute Gasteiger partial charge is 0.455 e. The van der Waals surface area contributed by atoms with Crippen LogP contribution in [-0.4, -0.2) is 0 Å². The Morgan fingerprint density at radius 3 is 2.17 bits per heavy atom. The zero-order valence-electron chi connectivity index (χ0n) is 25.7. The summed E-state index contributed by atoms with van der Waals surface area (Å²) in [5, 5.41) is 10.2. The number of benzene rings is 5. The van der Waals surface area contributed by atoms with Crippen molar-refractivity contribution in [3.63, 3.8) is 0 Å². The molecule has 0 fully saturated rings. The minimum absolute atomic E-state index is 0.0948. The van der Waals surface area contributed by atoms with Gasteiger partial charge in [0.1, 0.15) is 18.5 Å². The maximum Gasteiger partial charge on any atom is 0.228 e. The summed E-state index contributed by atoms with van der Waals surface area (Å²) in [5.41, 5.74) is 6.80. The Balaban J connectivity index is 1.62. The number of hydrogen-bond acceptors (Lipinski definition) is 1. The van der Waals surface area contributed by atoms with Gasteiger partial charge < -0.3 is 4.74 Å². The molecule has 0 amide bonds. The molecule has 6 aromatic rings. The smallest absolute Gasteiger partial charge is 0.228 e. The summed E-state index contributed by atoms with van der Waals surface area (Å²) < 4.78 is 9.43. The van der Waals surface area contributed by atoms with Gasteiger partial charge in [-0.2, -0.15) is 0 Å². The number of aromatic nitrogens is 1. The van der Waals surface area contributed by atoms with Crippen molar-refractivity contribution < 1.29 is 9.30 Å². The van der Waals surface area contributed by atoms with Crippen molar-refractivity contribution in [2.75, 3.05) is 0 Å². The number of fused-ring (bicyclic) bond motifs is 7. The fraction of sp³-hybridized carbons (Fsp3) is 0.308. The van der Waals surface area contributed by atoms with E-state index in [1.54, 1.807) is 0 Å². The van der Waals surface area contributed by atoms with E-state index in [1.807, 2.05) is 0 Å². The van der Waals surface area contributed by atoms with Crippen molar-refractivity contribution in [1.29, 1.82) is 0 Å². The Kier molecular flexibility index (Phi) is 5.58. The van der Waals surface area contributed by atoms with Crippen LogP contribution in [0.5, 0.6) is 11.5 Å². The van der Waals surface area contributed by atoms with Crippen LogP contribution in [0.15, 0.2) is 72.9 Å². The maximum atomic E-state index is 7.13. The SMILES string of the molecule is Cc1c2c(c(CC(C)(C)C)c3c1ccc1ccccc13)Oc1cc3ccc(CC(C)(C)C)cc3c3cc[n+](C)c-2c13. The van der Waals surface area contributed by atoms with E-state index in [0.717, 1.165) is 24.3 Å². The van der Waals surface area contributed by atoms with Gasteiger partial charge in [0.2, 0.25) is 5.69 Å². The number of nitrogens with zero attached hydrogens (tertiary/aromatic N) is 1. The van der Waals surface area contributed by atoms with Crippen molar-refractivity contribution in [3.8, 4) is 22.8 Å². The minimum Gasteiger partial charge on any atom is -0.455 e. The second-order valence-electron chi connectivity index (χ2n) is 14.6. The van der Waals surface area contributed by atoms with Crippen LogP contribution in [0.2, 0.25) is 0 Å². The fourth-order valence-corrected chi connectivity index (χ4v) is 7.09. The lowest BCUT2D eigenvalue weighted by atomic mass is 9.80. The number of ether oxygens (including phenoxy) is 1. The molecule has 0 unspecified atom stereocenters. The van der Waals surface area contributed by atoms with Crippen molar-refractivity contribution in [2.24, 2.45) is 17.9 Å². The van der Waals surface area contributed by atoms with E-state index in [-0.39, 0.29) is 10.8 Å². The molecule has 41 heavy (non-hydrogen) atoms. The lowest BCUT2D eigenvalue weighted by Crippen LogP contribution is -2.32. The van der Waals surface area contributed by atoms with Crippen LogP contribution in [0.3, 0.4) is 0 Å². The van der Waals surface area contributed by atoms with Crippen molar-refractivity contribution >= 4 is 43.1 Å². The molecule has 0 atom stereocenters. The van der Waals surface area contributed by atoms with Crippen LogP contribution in [0.4, 0.5) is 0 Å². The summed E-state index contributed by atoms with van der Waals surface area (Å²) in [4.78, 5) is 0. The molecule has 0 radical (unpaired) electrons. The van der Waals surface area contributed by atoms with Crippen LogP contribution in [-0.2, 0) is 19.9 Å². The zero-order chi connectivity index (χ0) is 28.8. The van der Waals surface area contributed by atoms with Crippen molar-refractivity contribution in [2.45, 2.75) is 61.3 Å². The predicted octanol–water partition coefficient (Wildman–Crippen LogP) is 10.4. The first-order valence-corrected chi connectivity index (χ1v) is 14.9. The standard InChI is InChI=1S/C39H40NO/c1-23-27-16-15-25-11-9-10-12-28(25)34(27)31(22-39(5,6)7)37-33(23)36-35-29(17-18-40(36)8)30-19-24(21-38(2,3)4)13-14-26(30)20-32(35)41-37/h9-20H,21-22H2,1-8H3/q+1. The molecule has 0 N–H and O–H groups in total. The van der Waals surface area contributed by atoms with Gasteiger partial charge in [0.25, 0.3) is 0 Å². The van der Waals surface area contributed by atoms with Gasteiger partial charge in [-0.3, -0.25) is 0 Å². The highest BCUT2D eigenvalue weighted by molar-refractivity contribution is 6.18. The predicted molar refractivity (Wildman–Crippen MR) is 174 cm³/mol. The zero-order valence-corrected chi connectivity index (χ0v) is 25.7. The highest BCUT2D eigenvalue weighted by Gasteiger charge is 2.34. The molecule has 0 spiro atoms. The van der Waals surface area contributed by atoms with E-state index in [1.165, 1.54) is 71.0 Å². The molecule has 0 saturated carbocycles. The molecule has 2 nitrogen and oxygen atoms in total. The summed E-state index contributed by atoms with van der Waals surface area (Å²) in [6.07, 6.45) is 4.22. The summed E-state index contributed by atoms with van der Waals surface area (Å²) in [6.45, 7) is 16.2. The Hall–Kier alpha value is -3.91. The van der Waals surface area contributed by atoms with E-state index in [0.29, 0.717) is 0 Å². The van der Waals surface area contributed by atoms with E-state index in [9.17, 15) is 0 Å². The third kappa shape index (κ3) is 4.19. The van der Waals surface area contributed by atoms with Gasteiger partial charge in [0.15, 0.2) is 6.20 Å². The number of rotatable bonds is 2. The van der Waals surface area contributed by atoms with Gasteiger partial charge in [-0.15, -0.1) is 0 Å². The molecule has 2 heterocycles. The molecule has 0 bridgehead atoms. The van der Waals surface area contributed by atoms with Gasteiger partial charge in [-0.25, -0.2) is 4.57 Å². The van der Waals surface area contributed by atoms with Gasteiger partial charge in [0.05, 0.1) is 10.9 Å². The molecule has 0 saturated heterocycles. The first-order valence-electron chi connectivity index (χ1n) is 14.9. The highest BCUT2D eigenvalue weighted by Crippen LogP contribution is 2.53. The molecule has 0 aliphatic carbocycles. The first-order chi connectivity index (χ1) is 19.4. The number of aryl methyl sites for hydroxylation is 2. The average Bonchev–Trinajstić information content (AvgIpc) is 2.90. The van der Waals surface area contributed by atoms with E-state index < -0.39 is 0 Å². The summed E-state index contributed by atoms with van der Waals surface area (Å²) in [6, 6.07) is 24.9. The topological polar surface area (TPSA) is 13.1 Å². The second-order valence-corrected chi connectivity index (χ2v) is 14.6. The molecule has 206 valence electrons. The molecule has 2 heteroatoms. The summed E-state index contributed by atoms with van der Waals surface area (Å²) in [5.74, 6) is 1.99. The van der Waals surface area contributed by atoms with E-state index >= 15 is 0 Å². The quantitative estimate of drug-likeness (QED) is 0.158. The maximum absolute atomic E-state index is 7.13. The van der Waals surface area contributed by atoms with Crippen LogP contribution in [0.25, 0.3) is 54.3 Å².